The normalized spacial score (nSPS) is 11.4. The molecule has 0 unspecified atom stereocenters. The van der Waals surface area contributed by atoms with Gasteiger partial charge in [-0.3, -0.25) is 4.79 Å². The van der Waals surface area contributed by atoms with E-state index in [-0.39, 0.29) is 11.5 Å². The zero-order valence-electron chi connectivity index (χ0n) is 13.1. The average molecular weight is 330 g/mol. The van der Waals surface area contributed by atoms with E-state index in [0.717, 1.165) is 16.2 Å². The number of nitrogens with zero attached hydrogens (tertiary/aromatic N) is 1. The molecule has 122 valence electrons. The molecule has 5 heteroatoms. The Labute approximate surface area is 143 Å². The predicted molar refractivity (Wildman–Crippen MR) is 96.9 cm³/mol. The van der Waals surface area contributed by atoms with Gasteiger partial charge >= 0.3 is 5.91 Å². The van der Waals surface area contributed by atoms with Crippen molar-refractivity contribution in [1.82, 2.24) is 5.43 Å². The molecule has 0 aliphatic heterocycles. The maximum atomic E-state index is 12.2. The molecular formula is C20H14N2O3. The molecule has 0 aliphatic carbocycles. The monoisotopic (exact) mass is 330 g/mol. The molecule has 1 heterocycles. The lowest BCUT2D eigenvalue weighted by molar-refractivity contribution is 0.0929. The fourth-order valence-electron chi connectivity index (χ4n) is 2.73. The van der Waals surface area contributed by atoms with Crippen LogP contribution in [0, 0.1) is 0 Å². The molecule has 25 heavy (non-hydrogen) atoms. The molecule has 0 atom stereocenters. The summed E-state index contributed by atoms with van der Waals surface area (Å²) in [6.45, 7) is 0. The van der Waals surface area contributed by atoms with Gasteiger partial charge in [-0.2, -0.15) is 5.10 Å². The van der Waals surface area contributed by atoms with E-state index in [2.05, 4.69) is 10.5 Å². The number of aromatic hydroxyl groups is 1. The van der Waals surface area contributed by atoms with Gasteiger partial charge in [-0.15, -0.1) is 0 Å². The van der Waals surface area contributed by atoms with Gasteiger partial charge in [0.25, 0.3) is 0 Å². The SMILES string of the molecule is O=C(N/N=C\c1cccc(O)c1)c1cc2c(ccc3ccccc32)o1. The molecular weight excluding hydrogens is 316 g/mol. The Morgan fingerprint density at radius 2 is 1.88 bits per heavy atom. The molecule has 0 spiro atoms. The zero-order valence-corrected chi connectivity index (χ0v) is 13.1. The van der Waals surface area contributed by atoms with E-state index < -0.39 is 5.91 Å². The number of phenols is 1. The minimum Gasteiger partial charge on any atom is -0.508 e. The Hall–Kier alpha value is -3.60. The predicted octanol–water partition coefficient (Wildman–Crippen LogP) is 4.06. The van der Waals surface area contributed by atoms with E-state index in [4.69, 9.17) is 4.42 Å². The highest BCUT2D eigenvalue weighted by Crippen LogP contribution is 2.28. The van der Waals surface area contributed by atoms with Gasteiger partial charge < -0.3 is 9.52 Å². The van der Waals surface area contributed by atoms with Crippen LogP contribution in [0.5, 0.6) is 5.75 Å². The second-order valence-corrected chi connectivity index (χ2v) is 5.60. The molecule has 1 aromatic heterocycles. The number of carbonyl (C=O) groups is 1. The number of hydrazone groups is 1. The maximum absolute atomic E-state index is 12.2. The second kappa shape index (κ2) is 6.13. The van der Waals surface area contributed by atoms with E-state index in [9.17, 15) is 9.90 Å². The lowest BCUT2D eigenvalue weighted by Crippen LogP contribution is -2.16. The Balaban J connectivity index is 1.59. The van der Waals surface area contributed by atoms with Crippen molar-refractivity contribution in [3.05, 3.63) is 78.1 Å². The Kier molecular flexibility index (Phi) is 3.67. The average Bonchev–Trinajstić information content (AvgIpc) is 3.07. The van der Waals surface area contributed by atoms with E-state index in [1.807, 2.05) is 36.4 Å². The van der Waals surface area contributed by atoms with E-state index in [1.165, 1.54) is 6.21 Å². The molecule has 2 N–H and O–H groups in total. The van der Waals surface area contributed by atoms with Gasteiger partial charge in [0.05, 0.1) is 6.21 Å². The largest absolute Gasteiger partial charge is 0.508 e. The van der Waals surface area contributed by atoms with E-state index in [1.54, 1.807) is 30.3 Å². The van der Waals surface area contributed by atoms with Crippen molar-refractivity contribution in [3.63, 3.8) is 0 Å². The van der Waals surface area contributed by atoms with Crippen molar-refractivity contribution in [3.8, 4) is 5.75 Å². The fourth-order valence-corrected chi connectivity index (χ4v) is 2.73. The lowest BCUT2D eigenvalue weighted by atomic mass is 10.1. The highest BCUT2D eigenvalue weighted by Gasteiger charge is 2.13. The number of amides is 1. The van der Waals surface area contributed by atoms with Crippen molar-refractivity contribution < 1.29 is 14.3 Å². The minimum atomic E-state index is -0.434. The number of rotatable bonds is 3. The first-order chi connectivity index (χ1) is 12.2. The zero-order chi connectivity index (χ0) is 17.2. The molecule has 4 rings (SSSR count). The standard InChI is InChI=1S/C20H14N2O3/c23-15-6-3-4-13(10-15)12-21-22-20(24)19-11-17-16-7-2-1-5-14(16)8-9-18(17)25-19/h1-12,23H,(H,22,24)/b21-12-. The summed E-state index contributed by atoms with van der Waals surface area (Å²) in [5.74, 6) is -0.101. The number of hydrogen-bond donors (Lipinski definition) is 2. The summed E-state index contributed by atoms with van der Waals surface area (Å²) in [6.07, 6.45) is 1.45. The summed E-state index contributed by atoms with van der Waals surface area (Å²) in [4.78, 5) is 12.2. The second-order valence-electron chi connectivity index (χ2n) is 5.60. The van der Waals surface area contributed by atoms with Crippen LogP contribution in [0.3, 0.4) is 0 Å². The third kappa shape index (κ3) is 2.95. The highest BCUT2D eigenvalue weighted by molar-refractivity contribution is 6.08. The lowest BCUT2D eigenvalue weighted by Gasteiger charge is -1.96. The van der Waals surface area contributed by atoms with Crippen molar-refractivity contribution in [2.75, 3.05) is 0 Å². The number of phenolic OH excluding ortho intramolecular Hbond substituents is 1. The number of fused-ring (bicyclic) bond motifs is 3. The number of nitrogens with one attached hydrogen (secondary N) is 1. The molecule has 5 nitrogen and oxygen atoms in total. The van der Waals surface area contributed by atoms with E-state index in [0.29, 0.717) is 11.1 Å². The summed E-state index contributed by atoms with van der Waals surface area (Å²) < 4.78 is 5.63. The van der Waals surface area contributed by atoms with E-state index >= 15 is 0 Å². The van der Waals surface area contributed by atoms with Crippen LogP contribution in [0.2, 0.25) is 0 Å². The Morgan fingerprint density at radius 1 is 1.00 bits per heavy atom. The summed E-state index contributed by atoms with van der Waals surface area (Å²) in [6, 6.07) is 20.0. The molecule has 0 saturated heterocycles. The number of carbonyl (C=O) groups excluding carboxylic acids is 1. The molecule has 1 amide bonds. The summed E-state index contributed by atoms with van der Waals surface area (Å²) >= 11 is 0. The third-order valence-electron chi connectivity index (χ3n) is 3.90. The van der Waals surface area contributed by atoms with Crippen molar-refractivity contribution >= 4 is 33.9 Å². The van der Waals surface area contributed by atoms with Gasteiger partial charge in [-0.25, -0.2) is 5.43 Å². The third-order valence-corrected chi connectivity index (χ3v) is 3.90. The van der Waals surface area contributed by atoms with Crippen LogP contribution in [0.25, 0.3) is 21.7 Å². The van der Waals surface area contributed by atoms with Crippen LogP contribution in [-0.2, 0) is 0 Å². The first-order valence-corrected chi connectivity index (χ1v) is 7.74. The smallest absolute Gasteiger partial charge is 0.307 e. The first-order valence-electron chi connectivity index (χ1n) is 7.74. The molecule has 4 aromatic rings. The molecule has 0 bridgehead atoms. The van der Waals surface area contributed by atoms with Gasteiger partial charge in [0.15, 0.2) is 5.76 Å². The van der Waals surface area contributed by atoms with Gasteiger partial charge in [-0.05, 0) is 40.6 Å². The highest BCUT2D eigenvalue weighted by atomic mass is 16.3. The van der Waals surface area contributed by atoms with Gasteiger partial charge in [0.2, 0.25) is 0 Å². The maximum Gasteiger partial charge on any atom is 0.307 e. The summed E-state index contributed by atoms with van der Waals surface area (Å²) in [5.41, 5.74) is 3.76. The van der Waals surface area contributed by atoms with Crippen molar-refractivity contribution in [2.45, 2.75) is 0 Å². The molecule has 0 radical (unpaired) electrons. The van der Waals surface area contributed by atoms with Crippen molar-refractivity contribution in [1.29, 1.82) is 0 Å². The fraction of sp³-hybridized carbons (Fsp3) is 0. The number of benzene rings is 3. The minimum absolute atomic E-state index is 0.138. The Morgan fingerprint density at radius 3 is 2.76 bits per heavy atom. The van der Waals surface area contributed by atoms with Crippen LogP contribution in [-0.4, -0.2) is 17.2 Å². The van der Waals surface area contributed by atoms with Gasteiger partial charge in [0, 0.05) is 5.39 Å². The molecule has 3 aromatic carbocycles. The molecule has 0 fully saturated rings. The Bertz CT molecular complexity index is 1110. The topological polar surface area (TPSA) is 74.8 Å². The van der Waals surface area contributed by atoms with Crippen molar-refractivity contribution in [2.24, 2.45) is 5.10 Å². The van der Waals surface area contributed by atoms with Crippen LogP contribution >= 0.6 is 0 Å². The summed E-state index contributed by atoms with van der Waals surface area (Å²) in [5, 5.41) is 16.3. The van der Waals surface area contributed by atoms with Crippen LogP contribution in [0.4, 0.5) is 0 Å². The number of furan rings is 1. The van der Waals surface area contributed by atoms with Gasteiger partial charge in [0.1, 0.15) is 11.3 Å². The quantitative estimate of drug-likeness (QED) is 0.439. The van der Waals surface area contributed by atoms with Crippen LogP contribution in [0.1, 0.15) is 16.1 Å². The van der Waals surface area contributed by atoms with Crippen LogP contribution < -0.4 is 5.43 Å². The molecule has 0 saturated carbocycles. The first kappa shape index (κ1) is 15.0. The van der Waals surface area contributed by atoms with Gasteiger partial charge in [-0.1, -0.05) is 42.5 Å². The van der Waals surface area contributed by atoms with Crippen LogP contribution in [0.15, 0.2) is 76.2 Å². The number of hydrogen-bond acceptors (Lipinski definition) is 4. The summed E-state index contributed by atoms with van der Waals surface area (Å²) in [7, 11) is 0. The molecule has 0 aliphatic rings.